The van der Waals surface area contributed by atoms with Gasteiger partial charge in [0.2, 0.25) is 5.75 Å². The highest BCUT2D eigenvalue weighted by Gasteiger charge is 2.22. The van der Waals surface area contributed by atoms with Crippen molar-refractivity contribution in [1.29, 1.82) is 0 Å². The lowest BCUT2D eigenvalue weighted by Crippen LogP contribution is -2.36. The standard InChI is InChI=1S/C15H19NO2S/c1-9(2)16-7-5-6-11-8-12(19-10(3)4)14(17)15(18)13(11)16/h5-10,18H,1-4H3/p+1. The zero-order valence-corrected chi connectivity index (χ0v) is 12.5. The van der Waals surface area contributed by atoms with E-state index < -0.39 is 0 Å². The number of pyridine rings is 1. The maximum atomic E-state index is 10.3. The highest BCUT2D eigenvalue weighted by atomic mass is 32.2. The Labute approximate surface area is 117 Å². The zero-order valence-electron chi connectivity index (χ0n) is 11.7. The van der Waals surface area contributed by atoms with Crippen LogP contribution in [0, 0.1) is 0 Å². The second kappa shape index (κ2) is 5.29. The normalized spacial score (nSPS) is 11.7. The molecule has 0 radical (unpaired) electrons. The topological polar surface area (TPSA) is 44.3 Å². The summed E-state index contributed by atoms with van der Waals surface area (Å²) in [6, 6.07) is 6.08. The molecule has 19 heavy (non-hydrogen) atoms. The van der Waals surface area contributed by atoms with Crippen LogP contribution in [0.1, 0.15) is 33.7 Å². The summed E-state index contributed by atoms with van der Waals surface area (Å²) in [6.45, 7) is 8.22. The summed E-state index contributed by atoms with van der Waals surface area (Å²) in [7, 11) is 0. The van der Waals surface area contributed by atoms with Crippen molar-refractivity contribution in [3.8, 4) is 11.5 Å². The lowest BCUT2D eigenvalue weighted by Gasteiger charge is -2.11. The molecule has 0 saturated carbocycles. The maximum Gasteiger partial charge on any atom is 0.258 e. The summed E-state index contributed by atoms with van der Waals surface area (Å²) in [5, 5.41) is 21.8. The molecule has 1 aromatic carbocycles. The Balaban J connectivity index is 2.72. The Kier molecular flexibility index (Phi) is 3.90. The van der Waals surface area contributed by atoms with Gasteiger partial charge in [-0.05, 0) is 26.0 Å². The zero-order chi connectivity index (χ0) is 14.2. The van der Waals surface area contributed by atoms with Crippen LogP contribution >= 0.6 is 11.8 Å². The number of aromatic hydroxyl groups is 2. The predicted octanol–water partition coefficient (Wildman–Crippen LogP) is 3.62. The summed E-state index contributed by atoms with van der Waals surface area (Å²) in [5.74, 6) is -0.0539. The highest BCUT2D eigenvalue weighted by molar-refractivity contribution is 8.00. The predicted molar refractivity (Wildman–Crippen MR) is 78.9 cm³/mol. The van der Waals surface area contributed by atoms with E-state index >= 15 is 0 Å². The molecule has 0 fully saturated rings. The fourth-order valence-electron chi connectivity index (χ4n) is 2.13. The SMILES string of the molecule is CC(C)Sc1cc2ccc[n+](C(C)C)c2c(O)c1O. The molecule has 2 rings (SSSR count). The number of hydrogen-bond donors (Lipinski definition) is 2. The first-order chi connectivity index (χ1) is 8.91. The largest absolute Gasteiger partial charge is 0.503 e. The summed E-state index contributed by atoms with van der Waals surface area (Å²) in [5.41, 5.74) is 0.683. The Morgan fingerprint density at radius 2 is 1.79 bits per heavy atom. The minimum absolute atomic E-state index is 0.0215. The smallest absolute Gasteiger partial charge is 0.258 e. The number of nitrogens with zero attached hydrogens (tertiary/aromatic N) is 1. The van der Waals surface area contributed by atoms with Gasteiger partial charge >= 0.3 is 0 Å². The summed E-state index contributed by atoms with van der Waals surface area (Å²) < 4.78 is 1.97. The van der Waals surface area contributed by atoms with Gasteiger partial charge in [0.05, 0.1) is 10.3 Å². The van der Waals surface area contributed by atoms with Gasteiger partial charge in [-0.3, -0.25) is 0 Å². The Morgan fingerprint density at radius 1 is 1.11 bits per heavy atom. The number of fused-ring (bicyclic) bond motifs is 1. The first-order valence-electron chi connectivity index (χ1n) is 6.47. The van der Waals surface area contributed by atoms with Crippen LogP contribution < -0.4 is 4.57 Å². The van der Waals surface area contributed by atoms with E-state index in [9.17, 15) is 10.2 Å². The lowest BCUT2D eigenvalue weighted by molar-refractivity contribution is -0.691. The van der Waals surface area contributed by atoms with Gasteiger partial charge in [-0.1, -0.05) is 13.8 Å². The first kappa shape index (κ1) is 14.0. The average Bonchev–Trinajstić information content (AvgIpc) is 2.34. The van der Waals surface area contributed by atoms with Crippen LogP contribution in [0.4, 0.5) is 0 Å². The molecule has 2 N–H and O–H groups in total. The van der Waals surface area contributed by atoms with Gasteiger partial charge in [0.25, 0.3) is 5.52 Å². The third-order valence-corrected chi connectivity index (χ3v) is 3.98. The van der Waals surface area contributed by atoms with Gasteiger partial charge in [-0.2, -0.15) is 4.57 Å². The quantitative estimate of drug-likeness (QED) is 0.512. The van der Waals surface area contributed by atoms with E-state index in [0.717, 1.165) is 10.3 Å². The Bertz CT molecular complexity index is 609. The van der Waals surface area contributed by atoms with Crippen LogP contribution in [-0.4, -0.2) is 15.5 Å². The van der Waals surface area contributed by atoms with Crippen molar-refractivity contribution in [3.05, 3.63) is 24.4 Å². The second-order valence-corrected chi connectivity index (χ2v) is 6.80. The van der Waals surface area contributed by atoms with Gasteiger partial charge in [-0.25, -0.2) is 0 Å². The molecular formula is C15H20NO2S+. The molecule has 4 heteroatoms. The molecule has 0 amide bonds. The molecular weight excluding hydrogens is 258 g/mol. The van der Waals surface area contributed by atoms with Gasteiger partial charge in [0.15, 0.2) is 18.0 Å². The minimum Gasteiger partial charge on any atom is -0.503 e. The molecule has 1 heterocycles. The van der Waals surface area contributed by atoms with E-state index in [1.54, 1.807) is 11.8 Å². The summed E-state index contributed by atoms with van der Waals surface area (Å²) in [6.07, 6.45) is 1.92. The Hall–Kier alpha value is -1.42. The molecule has 0 aliphatic carbocycles. The van der Waals surface area contributed by atoms with Gasteiger partial charge < -0.3 is 10.2 Å². The molecule has 2 aromatic rings. The van der Waals surface area contributed by atoms with Gasteiger partial charge in [0, 0.05) is 11.3 Å². The van der Waals surface area contributed by atoms with Crippen molar-refractivity contribution < 1.29 is 14.8 Å². The fourth-order valence-corrected chi connectivity index (χ4v) is 3.04. The van der Waals surface area contributed by atoms with Crippen LogP contribution in [0.3, 0.4) is 0 Å². The number of phenols is 2. The molecule has 0 atom stereocenters. The summed E-state index contributed by atoms with van der Waals surface area (Å²) >= 11 is 1.55. The van der Waals surface area contributed by atoms with E-state index in [4.69, 9.17) is 0 Å². The second-order valence-electron chi connectivity index (χ2n) is 5.19. The highest BCUT2D eigenvalue weighted by Crippen LogP contribution is 2.41. The lowest BCUT2D eigenvalue weighted by atomic mass is 10.1. The van der Waals surface area contributed by atoms with Crippen molar-refractivity contribution in [2.24, 2.45) is 0 Å². The fraction of sp³-hybridized carbons (Fsp3) is 0.400. The molecule has 0 spiro atoms. The van der Waals surface area contributed by atoms with E-state index in [2.05, 4.69) is 13.8 Å². The minimum atomic E-state index is -0.0325. The van der Waals surface area contributed by atoms with Crippen molar-refractivity contribution in [2.75, 3.05) is 0 Å². The number of thioether (sulfide) groups is 1. The Morgan fingerprint density at radius 3 is 2.37 bits per heavy atom. The van der Waals surface area contributed by atoms with Crippen LogP contribution in [0.25, 0.3) is 10.9 Å². The van der Waals surface area contributed by atoms with Crippen LogP contribution in [0.15, 0.2) is 29.3 Å². The number of aromatic nitrogens is 1. The molecule has 0 unspecified atom stereocenters. The van der Waals surface area contributed by atoms with E-state index in [1.807, 2.05) is 42.8 Å². The maximum absolute atomic E-state index is 10.3. The number of hydrogen-bond acceptors (Lipinski definition) is 3. The van der Waals surface area contributed by atoms with Gasteiger partial charge in [0.1, 0.15) is 0 Å². The number of benzene rings is 1. The van der Waals surface area contributed by atoms with Crippen LogP contribution in [-0.2, 0) is 0 Å². The van der Waals surface area contributed by atoms with Crippen molar-refractivity contribution in [1.82, 2.24) is 0 Å². The molecule has 0 aliphatic heterocycles. The molecule has 0 bridgehead atoms. The van der Waals surface area contributed by atoms with Crippen molar-refractivity contribution in [3.63, 3.8) is 0 Å². The molecule has 0 aliphatic rings. The molecule has 0 saturated heterocycles. The third-order valence-electron chi connectivity index (χ3n) is 2.94. The summed E-state index contributed by atoms with van der Waals surface area (Å²) in [4.78, 5) is 0.724. The van der Waals surface area contributed by atoms with E-state index in [0.29, 0.717) is 10.8 Å². The van der Waals surface area contributed by atoms with Crippen molar-refractivity contribution in [2.45, 2.75) is 43.9 Å². The monoisotopic (exact) mass is 278 g/mol. The van der Waals surface area contributed by atoms with Gasteiger partial charge in [-0.15, -0.1) is 11.8 Å². The molecule has 1 aromatic heterocycles. The first-order valence-corrected chi connectivity index (χ1v) is 7.35. The average molecular weight is 278 g/mol. The number of rotatable bonds is 3. The van der Waals surface area contributed by atoms with Crippen molar-refractivity contribution >= 4 is 22.7 Å². The molecule has 102 valence electrons. The number of phenolic OH excluding ortho intramolecular Hbond substituents is 2. The van der Waals surface area contributed by atoms with Crippen LogP contribution in [0.2, 0.25) is 0 Å². The molecule has 3 nitrogen and oxygen atoms in total. The van der Waals surface area contributed by atoms with E-state index in [-0.39, 0.29) is 17.5 Å². The van der Waals surface area contributed by atoms with E-state index in [1.165, 1.54) is 0 Å². The van der Waals surface area contributed by atoms with Crippen LogP contribution in [0.5, 0.6) is 11.5 Å². The third kappa shape index (κ3) is 2.63.